The molecule has 0 aliphatic carbocycles. The fourth-order valence-electron chi connectivity index (χ4n) is 2.79. The molecule has 0 bridgehead atoms. The molecule has 0 aliphatic heterocycles. The van der Waals surface area contributed by atoms with Crippen molar-refractivity contribution in [3.63, 3.8) is 0 Å². The number of benzene rings is 3. The maximum atomic E-state index is 13.9. The second-order valence-corrected chi connectivity index (χ2v) is 6.11. The topological polar surface area (TPSA) is 49.3 Å². The molecule has 3 nitrogen and oxygen atoms in total. The number of hydrogen-bond acceptors (Lipinski definition) is 2. The Balaban J connectivity index is 1.81. The number of amides is 1. The van der Waals surface area contributed by atoms with Gasteiger partial charge in [-0.3, -0.25) is 4.79 Å². The van der Waals surface area contributed by atoms with Crippen LogP contribution in [0.5, 0.6) is 0 Å². The summed E-state index contributed by atoms with van der Waals surface area (Å²) >= 11 is 0. The Morgan fingerprint density at radius 2 is 1.80 bits per heavy atom. The van der Waals surface area contributed by atoms with Crippen molar-refractivity contribution in [3.05, 3.63) is 83.4 Å². The molecule has 0 saturated heterocycles. The molecule has 0 heterocycles. The molecule has 0 radical (unpaired) electrons. The second-order valence-electron chi connectivity index (χ2n) is 6.11. The van der Waals surface area contributed by atoms with Gasteiger partial charge in [-0.25, -0.2) is 8.78 Å². The van der Waals surface area contributed by atoms with Crippen LogP contribution in [-0.4, -0.2) is 17.6 Å². The highest BCUT2D eigenvalue weighted by Crippen LogP contribution is 2.24. The Hall–Kier alpha value is -2.79. The standard InChI is InChI=1S/C20H17F2NO2/c1-20(25,17-10-9-14(21)11-18(17)22)12-23-19(24)16-8-4-6-13-5-2-3-7-15(13)16/h2-11,25H,12H2,1H3,(H,23,24). The van der Waals surface area contributed by atoms with E-state index in [-0.39, 0.29) is 18.0 Å². The van der Waals surface area contributed by atoms with Crippen LogP contribution in [0.1, 0.15) is 22.8 Å². The Kier molecular flexibility index (Phi) is 4.51. The average molecular weight is 341 g/mol. The highest BCUT2D eigenvalue weighted by molar-refractivity contribution is 6.07. The minimum Gasteiger partial charge on any atom is -0.383 e. The summed E-state index contributed by atoms with van der Waals surface area (Å²) in [5.74, 6) is -1.96. The molecule has 25 heavy (non-hydrogen) atoms. The minimum absolute atomic E-state index is 0.0767. The van der Waals surface area contributed by atoms with Crippen molar-refractivity contribution in [1.82, 2.24) is 5.32 Å². The number of carbonyl (C=O) groups excluding carboxylic acids is 1. The third-order valence-electron chi connectivity index (χ3n) is 4.14. The number of halogens is 2. The first-order valence-electron chi connectivity index (χ1n) is 7.82. The Morgan fingerprint density at radius 1 is 1.08 bits per heavy atom. The third-order valence-corrected chi connectivity index (χ3v) is 4.14. The molecule has 0 aliphatic rings. The molecule has 1 atom stereocenters. The molecular weight excluding hydrogens is 324 g/mol. The van der Waals surface area contributed by atoms with E-state index in [1.54, 1.807) is 12.1 Å². The summed E-state index contributed by atoms with van der Waals surface area (Å²) in [4.78, 5) is 12.5. The number of nitrogens with one attached hydrogen (secondary N) is 1. The van der Waals surface area contributed by atoms with Gasteiger partial charge in [0.05, 0.1) is 6.54 Å². The number of carbonyl (C=O) groups is 1. The van der Waals surface area contributed by atoms with Crippen LogP contribution in [-0.2, 0) is 5.60 Å². The molecule has 0 saturated carbocycles. The summed E-state index contributed by atoms with van der Waals surface area (Å²) in [6.07, 6.45) is 0. The van der Waals surface area contributed by atoms with Crippen LogP contribution < -0.4 is 5.32 Å². The van der Waals surface area contributed by atoms with Gasteiger partial charge in [-0.2, -0.15) is 0 Å². The lowest BCUT2D eigenvalue weighted by atomic mass is 9.95. The monoisotopic (exact) mass is 341 g/mol. The van der Waals surface area contributed by atoms with Crippen LogP contribution in [0.3, 0.4) is 0 Å². The van der Waals surface area contributed by atoms with E-state index in [1.807, 2.05) is 30.3 Å². The van der Waals surface area contributed by atoms with Crippen molar-refractivity contribution in [2.24, 2.45) is 0 Å². The van der Waals surface area contributed by atoms with E-state index in [0.29, 0.717) is 11.6 Å². The van der Waals surface area contributed by atoms with E-state index >= 15 is 0 Å². The molecule has 3 aromatic rings. The van der Waals surface area contributed by atoms with E-state index in [2.05, 4.69) is 5.32 Å². The number of rotatable bonds is 4. The highest BCUT2D eigenvalue weighted by atomic mass is 19.1. The van der Waals surface area contributed by atoms with Crippen LogP contribution in [0.25, 0.3) is 10.8 Å². The first-order chi connectivity index (χ1) is 11.9. The van der Waals surface area contributed by atoms with Gasteiger partial charge in [0, 0.05) is 17.2 Å². The van der Waals surface area contributed by atoms with Gasteiger partial charge in [0.15, 0.2) is 0 Å². The zero-order valence-electron chi connectivity index (χ0n) is 13.6. The molecule has 2 N–H and O–H groups in total. The minimum atomic E-state index is -1.67. The molecule has 1 amide bonds. The number of hydrogen-bond donors (Lipinski definition) is 2. The van der Waals surface area contributed by atoms with Crippen LogP contribution >= 0.6 is 0 Å². The first-order valence-corrected chi connectivity index (χ1v) is 7.82. The zero-order chi connectivity index (χ0) is 18.0. The second kappa shape index (κ2) is 6.61. The van der Waals surface area contributed by atoms with Crippen molar-refractivity contribution in [3.8, 4) is 0 Å². The summed E-state index contributed by atoms with van der Waals surface area (Å²) in [6, 6.07) is 15.8. The van der Waals surface area contributed by atoms with Crippen LogP contribution in [0.15, 0.2) is 60.7 Å². The summed E-state index contributed by atoms with van der Waals surface area (Å²) < 4.78 is 26.9. The van der Waals surface area contributed by atoms with Crippen molar-refractivity contribution in [2.45, 2.75) is 12.5 Å². The maximum Gasteiger partial charge on any atom is 0.252 e. The third kappa shape index (κ3) is 3.51. The van der Waals surface area contributed by atoms with Gasteiger partial charge in [-0.1, -0.05) is 42.5 Å². The largest absolute Gasteiger partial charge is 0.383 e. The maximum absolute atomic E-state index is 13.9. The Labute approximate surface area is 143 Å². The molecular formula is C20H17F2NO2. The molecule has 128 valence electrons. The van der Waals surface area contributed by atoms with Gasteiger partial charge in [-0.05, 0) is 29.8 Å². The lowest BCUT2D eigenvalue weighted by molar-refractivity contribution is 0.0495. The van der Waals surface area contributed by atoms with Gasteiger partial charge in [-0.15, -0.1) is 0 Å². The summed E-state index contributed by atoms with van der Waals surface area (Å²) in [7, 11) is 0. The summed E-state index contributed by atoms with van der Waals surface area (Å²) in [5.41, 5.74) is -1.28. The van der Waals surface area contributed by atoms with Gasteiger partial charge < -0.3 is 10.4 Å². The van der Waals surface area contributed by atoms with E-state index in [1.165, 1.54) is 13.0 Å². The lowest BCUT2D eigenvalue weighted by Crippen LogP contribution is -2.39. The molecule has 0 fully saturated rings. The van der Waals surface area contributed by atoms with E-state index in [4.69, 9.17) is 0 Å². The quantitative estimate of drug-likeness (QED) is 0.759. The van der Waals surface area contributed by atoms with Gasteiger partial charge in [0.1, 0.15) is 17.2 Å². The smallest absolute Gasteiger partial charge is 0.252 e. The molecule has 3 rings (SSSR count). The first kappa shape index (κ1) is 17.0. The number of fused-ring (bicyclic) bond motifs is 1. The summed E-state index contributed by atoms with van der Waals surface area (Å²) in [6.45, 7) is 1.16. The fraction of sp³-hybridized carbons (Fsp3) is 0.150. The van der Waals surface area contributed by atoms with Gasteiger partial charge in [0.25, 0.3) is 5.91 Å². The van der Waals surface area contributed by atoms with Crippen LogP contribution in [0.4, 0.5) is 8.78 Å². The predicted octanol–water partition coefficient (Wildman–Crippen LogP) is 3.76. The molecule has 5 heteroatoms. The zero-order valence-corrected chi connectivity index (χ0v) is 13.6. The molecule has 1 unspecified atom stereocenters. The van der Waals surface area contributed by atoms with E-state index in [0.717, 1.165) is 16.8 Å². The Bertz CT molecular complexity index is 933. The average Bonchev–Trinajstić information content (AvgIpc) is 2.59. The van der Waals surface area contributed by atoms with Crippen LogP contribution in [0.2, 0.25) is 0 Å². The molecule has 3 aromatic carbocycles. The normalized spacial score (nSPS) is 13.4. The van der Waals surface area contributed by atoms with Crippen molar-refractivity contribution >= 4 is 16.7 Å². The van der Waals surface area contributed by atoms with Crippen molar-refractivity contribution in [1.29, 1.82) is 0 Å². The number of aliphatic hydroxyl groups is 1. The van der Waals surface area contributed by atoms with E-state index in [9.17, 15) is 18.7 Å². The fourth-order valence-corrected chi connectivity index (χ4v) is 2.79. The van der Waals surface area contributed by atoms with Gasteiger partial charge >= 0.3 is 0 Å². The van der Waals surface area contributed by atoms with Crippen LogP contribution in [0, 0.1) is 11.6 Å². The van der Waals surface area contributed by atoms with E-state index < -0.39 is 17.2 Å². The highest BCUT2D eigenvalue weighted by Gasteiger charge is 2.27. The predicted molar refractivity (Wildman–Crippen MR) is 92.2 cm³/mol. The van der Waals surface area contributed by atoms with Crippen molar-refractivity contribution in [2.75, 3.05) is 6.54 Å². The molecule has 0 aromatic heterocycles. The van der Waals surface area contributed by atoms with Crippen molar-refractivity contribution < 1.29 is 18.7 Å². The SMILES string of the molecule is CC(O)(CNC(=O)c1cccc2ccccc12)c1ccc(F)cc1F. The van der Waals surface area contributed by atoms with Gasteiger partial charge in [0.2, 0.25) is 0 Å². The lowest BCUT2D eigenvalue weighted by Gasteiger charge is -2.25. The summed E-state index contributed by atoms with van der Waals surface area (Å²) in [5, 5.41) is 14.8. The molecule has 0 spiro atoms. The Morgan fingerprint density at radius 3 is 2.56 bits per heavy atom.